The van der Waals surface area contributed by atoms with Crippen molar-refractivity contribution in [3.05, 3.63) is 54.1 Å². The fourth-order valence-electron chi connectivity index (χ4n) is 4.98. The number of nitriles is 1. The number of hydrogen-bond donors (Lipinski definition) is 5. The predicted octanol–water partition coefficient (Wildman–Crippen LogP) is 3.85. The number of phenols is 1. The van der Waals surface area contributed by atoms with Crippen molar-refractivity contribution in [2.45, 2.75) is 45.2 Å². The Hall–Kier alpha value is -4.13. The summed E-state index contributed by atoms with van der Waals surface area (Å²) >= 11 is 0. The molecule has 4 rings (SSSR count). The van der Waals surface area contributed by atoms with Gasteiger partial charge in [0, 0.05) is 17.7 Å². The number of anilines is 3. The molecular weight excluding hydrogens is 480 g/mol. The highest BCUT2D eigenvalue weighted by atomic mass is 16.3. The van der Waals surface area contributed by atoms with Crippen molar-refractivity contribution in [2.24, 2.45) is 11.7 Å². The van der Waals surface area contributed by atoms with Crippen molar-refractivity contribution >= 4 is 23.1 Å². The van der Waals surface area contributed by atoms with E-state index in [2.05, 4.69) is 21.3 Å². The Balaban J connectivity index is 1.83. The van der Waals surface area contributed by atoms with E-state index in [4.69, 9.17) is 11.5 Å². The van der Waals surface area contributed by atoms with Crippen LogP contribution in [0.15, 0.2) is 48.5 Å². The van der Waals surface area contributed by atoms with E-state index in [-0.39, 0.29) is 41.6 Å². The molecule has 1 saturated heterocycles. The highest BCUT2D eigenvalue weighted by molar-refractivity contribution is 5.99. The first-order valence-electron chi connectivity index (χ1n) is 12.8. The quantitative estimate of drug-likeness (QED) is 0.303. The molecule has 0 spiro atoms. The Bertz CT molecular complexity index is 1370. The van der Waals surface area contributed by atoms with Gasteiger partial charge in [-0.1, -0.05) is 32.0 Å². The molecule has 3 aromatic rings. The lowest BCUT2D eigenvalue weighted by Gasteiger charge is -2.28. The van der Waals surface area contributed by atoms with E-state index >= 15 is 0 Å². The molecule has 2 heterocycles. The van der Waals surface area contributed by atoms with Crippen LogP contribution < -0.4 is 21.7 Å². The lowest BCUT2D eigenvalue weighted by atomic mass is 9.97. The van der Waals surface area contributed by atoms with E-state index in [1.807, 2.05) is 26.0 Å². The smallest absolute Gasteiger partial charge is 0.241 e. The molecule has 1 aliphatic rings. The van der Waals surface area contributed by atoms with Gasteiger partial charge >= 0.3 is 0 Å². The number of phenolic OH excluding ortho intramolecular Hbond substituents is 1. The normalized spacial score (nSPS) is 15.9. The van der Waals surface area contributed by atoms with Crippen LogP contribution in [0.1, 0.15) is 38.7 Å². The Morgan fingerprint density at radius 2 is 2.00 bits per heavy atom. The summed E-state index contributed by atoms with van der Waals surface area (Å²) in [5.41, 5.74) is 15.9. The van der Waals surface area contributed by atoms with Crippen LogP contribution in [0.25, 0.3) is 22.4 Å². The van der Waals surface area contributed by atoms with Crippen LogP contribution >= 0.6 is 0 Å². The number of aliphatic hydroxyl groups excluding tert-OH is 1. The van der Waals surface area contributed by atoms with E-state index in [0.29, 0.717) is 34.5 Å². The van der Waals surface area contributed by atoms with E-state index in [1.165, 1.54) is 0 Å². The van der Waals surface area contributed by atoms with Crippen LogP contribution in [0.2, 0.25) is 0 Å². The zero-order valence-electron chi connectivity index (χ0n) is 21.7. The fraction of sp³-hybridized carbons (Fsp3) is 0.345. The molecule has 198 valence electrons. The second-order valence-electron chi connectivity index (χ2n) is 10.1. The number of amides is 1. The molecule has 9 heteroatoms. The first kappa shape index (κ1) is 26.9. The van der Waals surface area contributed by atoms with Crippen molar-refractivity contribution in [2.75, 3.05) is 29.1 Å². The first-order chi connectivity index (χ1) is 18.2. The van der Waals surface area contributed by atoms with Crippen molar-refractivity contribution in [1.29, 1.82) is 5.26 Å². The Kier molecular flexibility index (Phi) is 8.15. The SMILES string of the molecule is CC(C)C[C@H](N)C(=O)Nc1cc(-c2cc(-c3ccccc3O)nc(N)c2C#N)ccc1N1CCC[C@H]1CO. The number of aliphatic hydroxyl groups is 1. The summed E-state index contributed by atoms with van der Waals surface area (Å²) in [6.07, 6.45) is 2.31. The van der Waals surface area contributed by atoms with Gasteiger partial charge in [0.1, 0.15) is 23.2 Å². The highest BCUT2D eigenvalue weighted by Gasteiger charge is 2.27. The minimum absolute atomic E-state index is 0.00536. The third-order valence-corrected chi connectivity index (χ3v) is 6.86. The minimum atomic E-state index is -0.683. The van der Waals surface area contributed by atoms with Gasteiger partial charge < -0.3 is 31.9 Å². The van der Waals surface area contributed by atoms with Crippen molar-refractivity contribution < 1.29 is 15.0 Å². The molecule has 2 aromatic carbocycles. The number of rotatable bonds is 8. The molecule has 1 amide bonds. The van der Waals surface area contributed by atoms with Crippen molar-refractivity contribution in [1.82, 2.24) is 4.98 Å². The number of pyridine rings is 1. The first-order valence-corrected chi connectivity index (χ1v) is 12.8. The number of aromatic hydroxyl groups is 1. The Morgan fingerprint density at radius 1 is 1.24 bits per heavy atom. The van der Waals surface area contributed by atoms with Gasteiger partial charge in [-0.25, -0.2) is 4.98 Å². The average molecular weight is 515 g/mol. The largest absolute Gasteiger partial charge is 0.507 e. The number of hydrogen-bond acceptors (Lipinski definition) is 8. The maximum Gasteiger partial charge on any atom is 0.241 e. The monoisotopic (exact) mass is 514 g/mol. The standard InChI is InChI=1S/C29H34N6O3/c1-17(2)12-23(31)29(38)34-25-13-18(9-10-26(25)35-11-5-6-19(35)16-36)21-14-24(33-28(32)22(21)15-30)20-7-3-4-8-27(20)37/h3-4,7-10,13-14,17,19,23,36-37H,5-6,11-12,16,31H2,1-2H3,(H2,32,33)(H,34,38)/t19-,23-/m0/s1. The molecule has 1 aliphatic heterocycles. The number of carbonyl (C=O) groups is 1. The number of nitrogen functional groups attached to an aromatic ring is 1. The second-order valence-corrected chi connectivity index (χ2v) is 10.1. The zero-order chi connectivity index (χ0) is 27.4. The second kappa shape index (κ2) is 11.5. The van der Waals surface area contributed by atoms with E-state index in [9.17, 15) is 20.3 Å². The summed E-state index contributed by atoms with van der Waals surface area (Å²) in [5.74, 6) is 0.0320. The fourth-order valence-corrected chi connectivity index (χ4v) is 4.98. The van der Waals surface area contributed by atoms with Crippen LogP contribution in [0.5, 0.6) is 5.75 Å². The predicted molar refractivity (Wildman–Crippen MR) is 149 cm³/mol. The van der Waals surface area contributed by atoms with Crippen LogP contribution in [-0.2, 0) is 4.79 Å². The van der Waals surface area contributed by atoms with Crippen LogP contribution in [-0.4, -0.2) is 46.3 Å². The number of nitrogens with zero attached hydrogens (tertiary/aromatic N) is 3. The van der Waals surface area contributed by atoms with Gasteiger partial charge in [0.15, 0.2) is 0 Å². The molecule has 38 heavy (non-hydrogen) atoms. The van der Waals surface area contributed by atoms with E-state index in [0.717, 1.165) is 25.1 Å². The van der Waals surface area contributed by atoms with E-state index < -0.39 is 6.04 Å². The highest BCUT2D eigenvalue weighted by Crippen LogP contribution is 2.39. The zero-order valence-corrected chi connectivity index (χ0v) is 21.7. The molecule has 1 fully saturated rings. The number of nitrogens with one attached hydrogen (secondary N) is 1. The molecule has 0 radical (unpaired) electrons. The van der Waals surface area contributed by atoms with Gasteiger partial charge in [0.2, 0.25) is 5.91 Å². The lowest BCUT2D eigenvalue weighted by Crippen LogP contribution is -2.38. The summed E-state index contributed by atoms with van der Waals surface area (Å²) in [5, 5.41) is 33.2. The summed E-state index contributed by atoms with van der Waals surface area (Å²) < 4.78 is 0. The Labute approximate surface area is 222 Å². The number of para-hydroxylation sites is 1. The summed E-state index contributed by atoms with van der Waals surface area (Å²) in [6.45, 7) is 4.77. The molecule has 0 saturated carbocycles. The molecule has 9 nitrogen and oxygen atoms in total. The van der Waals surface area contributed by atoms with Gasteiger partial charge in [-0.05, 0) is 61.1 Å². The maximum atomic E-state index is 13.1. The molecule has 2 atom stereocenters. The summed E-state index contributed by atoms with van der Waals surface area (Å²) in [4.78, 5) is 19.5. The van der Waals surface area contributed by atoms with Crippen molar-refractivity contribution in [3.8, 4) is 34.2 Å². The summed E-state index contributed by atoms with van der Waals surface area (Å²) in [7, 11) is 0. The molecular formula is C29H34N6O3. The van der Waals surface area contributed by atoms with Crippen LogP contribution in [0.3, 0.4) is 0 Å². The number of aromatic nitrogens is 1. The topological polar surface area (TPSA) is 162 Å². The third-order valence-electron chi connectivity index (χ3n) is 6.86. The lowest BCUT2D eigenvalue weighted by molar-refractivity contribution is -0.117. The van der Waals surface area contributed by atoms with Gasteiger partial charge in [-0.15, -0.1) is 0 Å². The molecule has 0 unspecified atom stereocenters. The number of nitrogens with two attached hydrogens (primary N) is 2. The molecule has 1 aromatic heterocycles. The average Bonchev–Trinajstić information content (AvgIpc) is 3.36. The summed E-state index contributed by atoms with van der Waals surface area (Å²) in [6, 6.07) is 15.4. The van der Waals surface area contributed by atoms with Gasteiger partial charge in [-0.2, -0.15) is 5.26 Å². The third kappa shape index (κ3) is 5.57. The maximum absolute atomic E-state index is 13.1. The van der Waals surface area contributed by atoms with Gasteiger partial charge in [0.05, 0.1) is 35.8 Å². The van der Waals surface area contributed by atoms with E-state index in [1.54, 1.807) is 36.4 Å². The van der Waals surface area contributed by atoms with Gasteiger partial charge in [-0.3, -0.25) is 4.79 Å². The minimum Gasteiger partial charge on any atom is -0.507 e. The van der Waals surface area contributed by atoms with Crippen molar-refractivity contribution in [3.63, 3.8) is 0 Å². The molecule has 0 aliphatic carbocycles. The van der Waals surface area contributed by atoms with Crippen LogP contribution in [0, 0.1) is 17.2 Å². The van der Waals surface area contributed by atoms with Gasteiger partial charge in [0.25, 0.3) is 0 Å². The van der Waals surface area contributed by atoms with Crippen LogP contribution in [0.4, 0.5) is 17.2 Å². The molecule has 0 bridgehead atoms. The number of benzene rings is 2. The molecule has 7 N–H and O–H groups in total. The number of carbonyl (C=O) groups excluding carboxylic acids is 1. The Morgan fingerprint density at radius 3 is 2.68 bits per heavy atom.